The first-order valence-electron chi connectivity index (χ1n) is 14.3. The van der Waals surface area contributed by atoms with Gasteiger partial charge in [0, 0.05) is 27.5 Å². The highest BCUT2D eigenvalue weighted by atomic mass is 35.5. The maximum absolute atomic E-state index is 14.0. The van der Waals surface area contributed by atoms with Crippen molar-refractivity contribution < 1.29 is 19.8 Å². The third-order valence-corrected chi connectivity index (χ3v) is 11.0. The van der Waals surface area contributed by atoms with Crippen molar-refractivity contribution in [2.45, 2.75) is 21.3 Å². The molecule has 12 heteroatoms. The number of rotatable bonds is 11. The van der Waals surface area contributed by atoms with E-state index in [1.165, 1.54) is 58.6 Å². The third kappa shape index (κ3) is 7.15. The maximum atomic E-state index is 14.0. The number of H-pyrrole nitrogens is 1. The summed E-state index contributed by atoms with van der Waals surface area (Å²) in [5.41, 5.74) is 1.91. The lowest BCUT2D eigenvalue weighted by atomic mass is 10.1. The Balaban J connectivity index is 1.31. The Bertz CT molecular complexity index is 2150. The number of thioether (sulfide) groups is 2. The van der Waals surface area contributed by atoms with E-state index in [1.807, 2.05) is 60.7 Å². The van der Waals surface area contributed by atoms with Crippen molar-refractivity contribution in [1.82, 2.24) is 9.55 Å². The molecule has 0 aliphatic heterocycles. The lowest BCUT2D eigenvalue weighted by molar-refractivity contribution is 0.101. The van der Waals surface area contributed by atoms with Crippen LogP contribution >= 0.6 is 69.9 Å². The van der Waals surface area contributed by atoms with Gasteiger partial charge in [-0.1, -0.05) is 107 Å². The zero-order valence-electron chi connectivity index (χ0n) is 24.7. The summed E-state index contributed by atoms with van der Waals surface area (Å²) in [4.78, 5) is 32.2. The van der Waals surface area contributed by atoms with Crippen molar-refractivity contribution in [2.24, 2.45) is 0 Å². The molecule has 242 valence electrons. The van der Waals surface area contributed by atoms with Crippen LogP contribution in [0.25, 0.3) is 5.69 Å². The number of hydrogen-bond acceptors (Lipinski definition) is 6. The summed E-state index contributed by atoms with van der Waals surface area (Å²) in [5.74, 6) is -0.470. The molecule has 2 heterocycles. The highest BCUT2D eigenvalue weighted by molar-refractivity contribution is 7.98. The quantitative estimate of drug-likeness (QED) is 0.0901. The van der Waals surface area contributed by atoms with Crippen LogP contribution in [0, 0.1) is 0 Å². The fourth-order valence-corrected chi connectivity index (χ4v) is 7.60. The monoisotopic (exact) mass is 752 g/mol. The fraction of sp³-hybridized carbons (Fsp3) is 0.0556. The van der Waals surface area contributed by atoms with Crippen molar-refractivity contribution in [3.63, 3.8) is 0 Å². The highest BCUT2D eigenvalue weighted by Crippen LogP contribution is 2.41. The number of nitrogens with one attached hydrogen (secondary N) is 1. The number of halogens is 4. The molecular formula is C36H24Cl4N2O4S2. The van der Waals surface area contributed by atoms with Crippen LogP contribution in [0.1, 0.15) is 43.2 Å². The Morgan fingerprint density at radius 3 is 1.67 bits per heavy atom. The minimum absolute atomic E-state index is 0.000252. The molecule has 0 aliphatic carbocycles. The van der Waals surface area contributed by atoms with E-state index in [1.54, 1.807) is 12.1 Å². The van der Waals surface area contributed by atoms with E-state index in [0.717, 1.165) is 20.9 Å². The van der Waals surface area contributed by atoms with E-state index in [9.17, 15) is 19.8 Å². The van der Waals surface area contributed by atoms with E-state index in [4.69, 9.17) is 46.4 Å². The molecular weight excluding hydrogens is 730 g/mol. The van der Waals surface area contributed by atoms with Gasteiger partial charge < -0.3 is 19.8 Å². The molecule has 0 aliphatic rings. The molecule has 0 saturated heterocycles. The molecule has 0 amide bonds. The first kappa shape index (κ1) is 34.1. The van der Waals surface area contributed by atoms with Crippen LogP contribution in [0.5, 0.6) is 11.5 Å². The minimum atomic E-state index is -0.668. The largest absolute Gasteiger partial charge is 0.507 e. The van der Waals surface area contributed by atoms with Crippen molar-refractivity contribution in [3.05, 3.63) is 157 Å². The van der Waals surface area contributed by atoms with E-state index in [-0.39, 0.29) is 59.9 Å². The normalized spacial score (nSPS) is 11.2. The number of hydrogen-bond donors (Lipinski definition) is 3. The van der Waals surface area contributed by atoms with Crippen LogP contribution in [0.3, 0.4) is 0 Å². The van der Waals surface area contributed by atoms with Gasteiger partial charge >= 0.3 is 0 Å². The van der Waals surface area contributed by atoms with Gasteiger partial charge in [-0.05, 0) is 47.5 Å². The van der Waals surface area contributed by atoms with Crippen molar-refractivity contribution in [3.8, 4) is 17.2 Å². The molecule has 0 atom stereocenters. The second-order valence-corrected chi connectivity index (χ2v) is 14.2. The molecule has 6 aromatic rings. The van der Waals surface area contributed by atoms with Crippen LogP contribution in [0.4, 0.5) is 0 Å². The lowest BCUT2D eigenvalue weighted by Crippen LogP contribution is -2.13. The second-order valence-electron chi connectivity index (χ2n) is 10.6. The number of phenolic OH excluding ortho intramolecular Hbond substituents is 2. The predicted molar refractivity (Wildman–Crippen MR) is 195 cm³/mol. The van der Waals surface area contributed by atoms with Gasteiger partial charge in [-0.25, -0.2) is 0 Å². The van der Waals surface area contributed by atoms with Gasteiger partial charge in [-0.2, -0.15) is 0 Å². The van der Waals surface area contributed by atoms with Gasteiger partial charge in [0.05, 0.1) is 26.9 Å². The summed E-state index contributed by atoms with van der Waals surface area (Å²) >= 11 is 29.0. The van der Waals surface area contributed by atoms with Gasteiger partial charge in [0.15, 0.2) is 0 Å². The Labute approximate surface area is 304 Å². The number of carbonyl (C=O) groups is 2. The molecule has 0 saturated carbocycles. The SMILES string of the molecule is O=C(c1ccc(SCc2ccccc2)cc1O)c1[nH]c(Cl)c(Cl)c1-n1cc(Cl)c(Cl)c1C(=O)c1ccc(SCc2ccccc2)cc1O. The van der Waals surface area contributed by atoms with E-state index < -0.39 is 11.6 Å². The summed E-state index contributed by atoms with van der Waals surface area (Å²) in [6.07, 6.45) is 1.34. The standard InChI is InChI=1S/C36H24Cl4N2O4S2/c37-26-17-42(33(29(26)38)35(46)25-14-12-23(16-28(25)44)48-19-21-9-5-2-6-10-21)32-30(39)36(40)41-31(32)34(45)24-13-11-22(15-27(24)43)47-18-20-7-3-1-4-8-20/h1-17,41,43-44H,18-19H2. The number of carbonyl (C=O) groups excluding carboxylic acids is 2. The van der Waals surface area contributed by atoms with Crippen LogP contribution in [0.2, 0.25) is 20.2 Å². The molecule has 4 aromatic carbocycles. The molecule has 48 heavy (non-hydrogen) atoms. The van der Waals surface area contributed by atoms with Crippen LogP contribution in [-0.4, -0.2) is 31.3 Å². The van der Waals surface area contributed by atoms with Gasteiger partial charge in [-0.3, -0.25) is 9.59 Å². The third-order valence-electron chi connectivity index (χ3n) is 7.38. The number of ketones is 2. The Kier molecular flexibility index (Phi) is 10.5. The highest BCUT2D eigenvalue weighted by Gasteiger charge is 2.31. The first-order chi connectivity index (χ1) is 23.1. The summed E-state index contributed by atoms with van der Waals surface area (Å²) in [6, 6.07) is 29.2. The molecule has 3 N–H and O–H groups in total. The molecule has 0 bridgehead atoms. The molecule has 6 rings (SSSR count). The van der Waals surface area contributed by atoms with Gasteiger partial charge in [0.2, 0.25) is 11.6 Å². The average Bonchev–Trinajstić information content (AvgIpc) is 3.55. The van der Waals surface area contributed by atoms with Crippen LogP contribution in [0.15, 0.2) is 113 Å². The predicted octanol–water partition coefficient (Wildman–Crippen LogP) is 10.9. The van der Waals surface area contributed by atoms with Crippen molar-refractivity contribution >= 4 is 81.5 Å². The number of nitrogens with zero attached hydrogens (tertiary/aromatic N) is 1. The first-order valence-corrected chi connectivity index (χ1v) is 17.8. The second kappa shape index (κ2) is 14.8. The summed E-state index contributed by atoms with van der Waals surface area (Å²) in [7, 11) is 0. The zero-order chi connectivity index (χ0) is 33.9. The molecule has 0 unspecified atom stereocenters. The van der Waals surface area contributed by atoms with Crippen molar-refractivity contribution in [1.29, 1.82) is 0 Å². The summed E-state index contributed by atoms with van der Waals surface area (Å²) in [5, 5.41) is 21.6. The molecule has 0 radical (unpaired) electrons. The number of aromatic amines is 1. The molecule has 2 aromatic heterocycles. The molecule has 6 nitrogen and oxygen atoms in total. The van der Waals surface area contributed by atoms with Gasteiger partial charge in [-0.15, -0.1) is 23.5 Å². The molecule has 0 fully saturated rings. The van der Waals surface area contributed by atoms with E-state index in [2.05, 4.69) is 4.98 Å². The van der Waals surface area contributed by atoms with Crippen LogP contribution in [-0.2, 0) is 11.5 Å². The smallest absolute Gasteiger partial charge is 0.215 e. The van der Waals surface area contributed by atoms with Gasteiger partial charge in [0.1, 0.15) is 33.1 Å². The van der Waals surface area contributed by atoms with E-state index >= 15 is 0 Å². The number of phenols is 2. The Morgan fingerprint density at radius 2 is 1.17 bits per heavy atom. The Morgan fingerprint density at radius 1 is 0.667 bits per heavy atom. The molecule has 0 spiro atoms. The zero-order valence-corrected chi connectivity index (χ0v) is 29.4. The summed E-state index contributed by atoms with van der Waals surface area (Å²) < 4.78 is 1.27. The number of benzene rings is 4. The van der Waals surface area contributed by atoms with Gasteiger partial charge in [0.25, 0.3) is 0 Å². The summed E-state index contributed by atoms with van der Waals surface area (Å²) in [6.45, 7) is 0. The van der Waals surface area contributed by atoms with Crippen molar-refractivity contribution in [2.75, 3.05) is 0 Å². The topological polar surface area (TPSA) is 95.3 Å². The fourth-order valence-electron chi connectivity index (χ4n) is 5.00. The number of aromatic hydroxyl groups is 2. The number of aromatic nitrogens is 2. The average molecular weight is 755 g/mol. The minimum Gasteiger partial charge on any atom is -0.507 e. The maximum Gasteiger partial charge on any atom is 0.215 e. The van der Waals surface area contributed by atoms with Crippen LogP contribution < -0.4 is 0 Å². The van der Waals surface area contributed by atoms with E-state index in [0.29, 0.717) is 11.5 Å². The Hall–Kier alpha value is -3.76. The lowest BCUT2D eigenvalue weighted by Gasteiger charge is -2.13.